The Balaban J connectivity index is 1.11. The lowest BCUT2D eigenvalue weighted by Crippen LogP contribution is -2.46. The average molecular weight is 709 g/mol. The molecule has 0 saturated carbocycles. The molecule has 3 aliphatic rings. The van der Waals surface area contributed by atoms with Crippen molar-refractivity contribution >= 4 is 23.1 Å². The molecular formula is C39H49FN10O2. The van der Waals surface area contributed by atoms with Crippen LogP contribution in [0.15, 0.2) is 54.9 Å². The third-order valence-electron chi connectivity index (χ3n) is 10.8. The Morgan fingerprint density at radius 2 is 1.87 bits per heavy atom. The van der Waals surface area contributed by atoms with Gasteiger partial charge in [0.15, 0.2) is 17.5 Å². The van der Waals surface area contributed by atoms with Crippen molar-refractivity contribution in [3.05, 3.63) is 66.2 Å². The van der Waals surface area contributed by atoms with Gasteiger partial charge in [-0.25, -0.2) is 14.5 Å². The van der Waals surface area contributed by atoms with Crippen molar-refractivity contribution in [3.63, 3.8) is 0 Å². The van der Waals surface area contributed by atoms with E-state index < -0.39 is 5.82 Å². The van der Waals surface area contributed by atoms with Crippen molar-refractivity contribution < 1.29 is 14.3 Å². The maximum Gasteiger partial charge on any atom is 0.236 e. The van der Waals surface area contributed by atoms with Gasteiger partial charge in [0.25, 0.3) is 0 Å². The number of phenolic OH excluding ortho intramolecular Hbond substituents is 1. The summed E-state index contributed by atoms with van der Waals surface area (Å²) in [5.41, 5.74) is 2.62. The number of carbonyl (C=O) groups is 1. The molecule has 0 bridgehead atoms. The number of piperidine rings is 3. The third kappa shape index (κ3) is 8.45. The van der Waals surface area contributed by atoms with E-state index in [0.29, 0.717) is 43.6 Å². The van der Waals surface area contributed by atoms with E-state index in [1.165, 1.54) is 32.4 Å². The SMILES string of the molecule is N#CCC(=O)N1CCC[C@@H](Nc2nc(-c3cnn4ccccc34)nc(N3CCC(N(CCCN4CCCCC4)Cc4cccc(O)c4)CC3)c2F)C1. The van der Waals surface area contributed by atoms with Gasteiger partial charge in [-0.05, 0) is 101 Å². The van der Waals surface area contributed by atoms with E-state index in [1.807, 2.05) is 47.5 Å². The minimum atomic E-state index is -0.503. The van der Waals surface area contributed by atoms with Crippen LogP contribution in [-0.4, -0.2) is 110 Å². The van der Waals surface area contributed by atoms with Gasteiger partial charge in [0.2, 0.25) is 11.7 Å². The first-order valence-electron chi connectivity index (χ1n) is 18.9. The lowest BCUT2D eigenvalue weighted by Gasteiger charge is -2.40. The largest absolute Gasteiger partial charge is 0.508 e. The summed E-state index contributed by atoms with van der Waals surface area (Å²) in [7, 11) is 0. The van der Waals surface area contributed by atoms with Crippen molar-refractivity contribution in [1.29, 1.82) is 5.26 Å². The van der Waals surface area contributed by atoms with Crippen molar-refractivity contribution in [2.45, 2.75) is 76.4 Å². The monoisotopic (exact) mass is 708 g/mol. The molecule has 7 rings (SSSR count). The second kappa shape index (κ2) is 16.7. The zero-order chi connectivity index (χ0) is 35.9. The standard InChI is InChI=1S/C39H49FN10O2/c40-36-38(43-30-10-7-20-49(28-30)35(52)13-16-41)44-37(33-26-42-50-22-5-2-12-34(33)50)45-39(36)47-23-14-31(15-24-47)48(27-29-9-6-11-32(51)25-29)21-8-19-46-17-3-1-4-18-46/h2,5-6,9,11-12,22,25-26,30-31,51H,1,3-4,7-8,10,13-15,17-21,23-24,27-28H2,(H,43,44,45)/t30-/m1/s1. The number of benzene rings is 1. The highest BCUT2D eigenvalue weighted by Crippen LogP contribution is 2.32. The second-order valence-electron chi connectivity index (χ2n) is 14.4. The first-order chi connectivity index (χ1) is 25.4. The number of amides is 1. The number of anilines is 2. The van der Waals surface area contributed by atoms with E-state index in [4.69, 9.17) is 15.2 Å². The topological polar surface area (TPSA) is 129 Å². The Morgan fingerprint density at radius 3 is 2.67 bits per heavy atom. The first kappa shape index (κ1) is 35.6. The van der Waals surface area contributed by atoms with E-state index in [9.17, 15) is 9.90 Å². The van der Waals surface area contributed by atoms with Gasteiger partial charge in [0, 0.05) is 51.0 Å². The van der Waals surface area contributed by atoms with Gasteiger partial charge in [0.1, 0.15) is 12.2 Å². The highest BCUT2D eigenvalue weighted by molar-refractivity contribution is 5.79. The zero-order valence-corrected chi connectivity index (χ0v) is 29.8. The summed E-state index contributed by atoms with van der Waals surface area (Å²) in [6, 6.07) is 15.3. The predicted molar refractivity (Wildman–Crippen MR) is 198 cm³/mol. The van der Waals surface area contributed by atoms with Gasteiger partial charge >= 0.3 is 0 Å². The number of aromatic hydroxyl groups is 1. The number of rotatable bonds is 12. The first-order valence-corrected chi connectivity index (χ1v) is 18.9. The van der Waals surface area contributed by atoms with Crippen LogP contribution in [0.25, 0.3) is 16.9 Å². The highest BCUT2D eigenvalue weighted by Gasteiger charge is 2.31. The maximum absolute atomic E-state index is 16.6. The molecule has 0 unspecified atom stereocenters. The number of nitrogens with zero attached hydrogens (tertiary/aromatic N) is 9. The molecule has 3 saturated heterocycles. The number of hydrogen-bond acceptors (Lipinski definition) is 10. The van der Waals surface area contributed by atoms with E-state index in [1.54, 1.807) is 21.7 Å². The summed E-state index contributed by atoms with van der Waals surface area (Å²) in [4.78, 5) is 31.0. The zero-order valence-electron chi connectivity index (χ0n) is 29.8. The van der Waals surface area contributed by atoms with Crippen molar-refractivity contribution in [1.82, 2.24) is 34.3 Å². The fraction of sp³-hybridized carbons (Fsp3) is 0.513. The molecule has 3 aromatic heterocycles. The summed E-state index contributed by atoms with van der Waals surface area (Å²) in [5, 5.41) is 27.1. The van der Waals surface area contributed by atoms with Gasteiger partial charge < -0.3 is 25.1 Å². The highest BCUT2D eigenvalue weighted by atomic mass is 19.1. The van der Waals surface area contributed by atoms with Gasteiger partial charge in [0.05, 0.1) is 23.3 Å². The molecule has 1 amide bonds. The van der Waals surface area contributed by atoms with Crippen LogP contribution >= 0.6 is 0 Å². The summed E-state index contributed by atoms with van der Waals surface area (Å²) in [5.74, 6) is 0.327. The van der Waals surface area contributed by atoms with Crippen LogP contribution in [0.3, 0.4) is 0 Å². The molecule has 52 heavy (non-hydrogen) atoms. The van der Waals surface area contributed by atoms with Crippen LogP contribution in [-0.2, 0) is 11.3 Å². The van der Waals surface area contributed by atoms with Gasteiger partial charge in [-0.15, -0.1) is 0 Å². The Kier molecular flexibility index (Phi) is 11.4. The van der Waals surface area contributed by atoms with Crippen molar-refractivity contribution in [2.75, 3.05) is 62.6 Å². The lowest BCUT2D eigenvalue weighted by molar-refractivity contribution is -0.131. The molecule has 3 fully saturated rings. The maximum atomic E-state index is 16.6. The fourth-order valence-corrected chi connectivity index (χ4v) is 8.07. The number of halogens is 1. The molecule has 274 valence electrons. The smallest absolute Gasteiger partial charge is 0.236 e. The number of likely N-dealkylation sites (tertiary alicyclic amines) is 2. The van der Waals surface area contributed by atoms with Crippen molar-refractivity contribution in [3.8, 4) is 23.2 Å². The number of aromatic nitrogens is 4. The molecule has 4 aromatic rings. The van der Waals surface area contributed by atoms with E-state index >= 15 is 4.39 Å². The summed E-state index contributed by atoms with van der Waals surface area (Å²) >= 11 is 0. The number of phenols is 1. The predicted octanol–water partition coefficient (Wildman–Crippen LogP) is 5.30. The van der Waals surface area contributed by atoms with E-state index in [0.717, 1.165) is 62.8 Å². The normalized spacial score (nSPS) is 18.9. The molecule has 2 N–H and O–H groups in total. The van der Waals surface area contributed by atoms with Crippen LogP contribution < -0.4 is 10.2 Å². The molecule has 12 nitrogen and oxygen atoms in total. The molecular weight excluding hydrogens is 659 g/mol. The van der Waals surface area contributed by atoms with E-state index in [2.05, 4.69) is 26.3 Å². The quantitative estimate of drug-likeness (QED) is 0.200. The number of pyridine rings is 1. The molecule has 1 atom stereocenters. The van der Waals surface area contributed by atoms with Crippen LogP contribution in [0.2, 0.25) is 0 Å². The Morgan fingerprint density at radius 1 is 1.02 bits per heavy atom. The van der Waals surface area contributed by atoms with Gasteiger partial charge in [-0.2, -0.15) is 14.8 Å². The summed E-state index contributed by atoms with van der Waals surface area (Å²) < 4.78 is 18.4. The number of carbonyl (C=O) groups excluding carboxylic acids is 1. The molecule has 13 heteroatoms. The Bertz CT molecular complexity index is 1860. The molecule has 0 radical (unpaired) electrons. The third-order valence-corrected chi connectivity index (χ3v) is 10.8. The minimum Gasteiger partial charge on any atom is -0.508 e. The number of nitrogens with one attached hydrogen (secondary N) is 1. The molecule has 0 spiro atoms. The second-order valence-corrected chi connectivity index (χ2v) is 14.4. The average Bonchev–Trinajstić information content (AvgIpc) is 3.60. The molecule has 0 aliphatic carbocycles. The molecule has 6 heterocycles. The lowest BCUT2D eigenvalue weighted by atomic mass is 10.0. The van der Waals surface area contributed by atoms with Crippen LogP contribution in [0.5, 0.6) is 5.75 Å². The van der Waals surface area contributed by atoms with Crippen LogP contribution in [0.4, 0.5) is 16.0 Å². The van der Waals surface area contributed by atoms with Crippen LogP contribution in [0, 0.1) is 17.1 Å². The summed E-state index contributed by atoms with van der Waals surface area (Å²) in [6.07, 6.45) is 11.6. The fourth-order valence-electron chi connectivity index (χ4n) is 8.07. The van der Waals surface area contributed by atoms with Gasteiger partial charge in [-0.3, -0.25) is 9.69 Å². The Hall–Kier alpha value is -4.80. The van der Waals surface area contributed by atoms with Crippen molar-refractivity contribution in [2.24, 2.45) is 0 Å². The van der Waals surface area contributed by atoms with Gasteiger partial charge in [-0.1, -0.05) is 24.6 Å². The molecule has 1 aromatic carbocycles. The van der Waals surface area contributed by atoms with E-state index in [-0.39, 0.29) is 35.8 Å². The Labute approximate surface area is 304 Å². The van der Waals surface area contributed by atoms with Crippen LogP contribution in [0.1, 0.15) is 63.4 Å². The number of hydrogen-bond donors (Lipinski definition) is 2. The summed E-state index contributed by atoms with van der Waals surface area (Å²) in [6.45, 7) is 7.40. The number of nitriles is 1. The minimum absolute atomic E-state index is 0.111. The molecule has 3 aliphatic heterocycles. The number of fused-ring (bicyclic) bond motifs is 1.